The van der Waals surface area contributed by atoms with Crippen LogP contribution in [0.4, 0.5) is 0 Å². The number of rotatable bonds is 8. The van der Waals surface area contributed by atoms with E-state index in [9.17, 15) is 14.4 Å². The van der Waals surface area contributed by atoms with E-state index < -0.39 is 6.04 Å². The summed E-state index contributed by atoms with van der Waals surface area (Å²) in [7, 11) is 0. The van der Waals surface area contributed by atoms with Crippen LogP contribution in [0.3, 0.4) is 0 Å². The Bertz CT molecular complexity index is 734. The molecule has 3 amide bonds. The molecule has 1 unspecified atom stereocenters. The lowest BCUT2D eigenvalue weighted by atomic mass is 10.0. The smallest absolute Gasteiger partial charge is 0.255 e. The quantitative estimate of drug-likeness (QED) is 0.664. The molecule has 3 N–H and O–H groups in total. The van der Waals surface area contributed by atoms with Crippen LogP contribution in [0.2, 0.25) is 0 Å². The Hall–Kier alpha value is -2.25. The van der Waals surface area contributed by atoms with E-state index in [2.05, 4.69) is 17.1 Å². The molecule has 0 radical (unpaired) electrons. The van der Waals surface area contributed by atoms with E-state index in [1.165, 1.54) is 0 Å². The highest BCUT2D eigenvalue weighted by Crippen LogP contribution is 2.30. The maximum atomic E-state index is 13.1. The predicted octanol–water partition coefficient (Wildman–Crippen LogP) is 1.01. The van der Waals surface area contributed by atoms with Gasteiger partial charge < -0.3 is 10.6 Å². The van der Waals surface area contributed by atoms with Crippen LogP contribution >= 0.6 is 0 Å². The van der Waals surface area contributed by atoms with Crippen molar-refractivity contribution in [2.45, 2.75) is 51.7 Å². The highest BCUT2D eigenvalue weighted by atomic mass is 16.2. The molecule has 1 aromatic carbocycles. The summed E-state index contributed by atoms with van der Waals surface area (Å²) in [6, 6.07) is 5.35. The summed E-state index contributed by atoms with van der Waals surface area (Å²) in [6.45, 7) is 5.76. The van der Waals surface area contributed by atoms with Crippen molar-refractivity contribution in [1.29, 1.82) is 0 Å². The van der Waals surface area contributed by atoms with Crippen molar-refractivity contribution in [2.24, 2.45) is 5.73 Å². The minimum Gasteiger partial charge on any atom is -0.330 e. The molecule has 0 spiro atoms. The van der Waals surface area contributed by atoms with Crippen molar-refractivity contribution in [3.8, 4) is 0 Å². The van der Waals surface area contributed by atoms with Gasteiger partial charge in [-0.25, -0.2) is 0 Å². The number of benzene rings is 1. The molecule has 2 aliphatic rings. The molecule has 1 fully saturated rings. The number of hydrogen-bond acceptors (Lipinski definition) is 5. The first-order valence-electron chi connectivity index (χ1n) is 9.73. The summed E-state index contributed by atoms with van der Waals surface area (Å²) >= 11 is 0. The van der Waals surface area contributed by atoms with E-state index in [-0.39, 0.29) is 24.1 Å². The van der Waals surface area contributed by atoms with Gasteiger partial charge in [-0.2, -0.15) is 0 Å². The first-order valence-corrected chi connectivity index (χ1v) is 9.73. The van der Waals surface area contributed by atoms with Crippen molar-refractivity contribution < 1.29 is 14.4 Å². The summed E-state index contributed by atoms with van der Waals surface area (Å²) in [5.41, 5.74) is 8.33. The van der Waals surface area contributed by atoms with Gasteiger partial charge in [0.05, 0.1) is 0 Å². The summed E-state index contributed by atoms with van der Waals surface area (Å²) in [4.78, 5) is 40.7. The fourth-order valence-corrected chi connectivity index (χ4v) is 3.96. The molecule has 146 valence electrons. The number of nitrogens with zero attached hydrogens (tertiary/aromatic N) is 2. The van der Waals surface area contributed by atoms with Gasteiger partial charge in [-0.3, -0.25) is 24.6 Å². The number of carbonyl (C=O) groups excluding carboxylic acids is 3. The zero-order chi connectivity index (χ0) is 19.4. The molecule has 1 saturated heterocycles. The van der Waals surface area contributed by atoms with Crippen LogP contribution in [-0.4, -0.2) is 53.2 Å². The molecule has 0 bridgehead atoms. The molecule has 0 aliphatic carbocycles. The number of hydrogen-bond donors (Lipinski definition) is 2. The van der Waals surface area contributed by atoms with Crippen LogP contribution in [0.15, 0.2) is 18.2 Å². The number of imide groups is 1. The fourth-order valence-electron chi connectivity index (χ4n) is 3.96. The number of piperidine rings is 1. The molecule has 0 aromatic heterocycles. The van der Waals surface area contributed by atoms with Crippen LogP contribution in [0.25, 0.3) is 0 Å². The standard InChI is InChI=1S/C20H28N4O3/c1-2-10-23(11-4-9-21)12-14-5-3-6-15-13-24(20(27)18(14)15)16-7-8-17(25)22-19(16)26/h3,5-6,16H,2,4,7-13,21H2,1H3,(H,22,25,26). The van der Waals surface area contributed by atoms with E-state index in [0.717, 1.165) is 42.6 Å². The van der Waals surface area contributed by atoms with Gasteiger partial charge in [-0.1, -0.05) is 25.1 Å². The Morgan fingerprint density at radius 1 is 1.26 bits per heavy atom. The SMILES string of the molecule is CCCN(CCCN)Cc1cccc2c1C(=O)N(C1CCC(=O)NC1=O)C2. The van der Waals surface area contributed by atoms with Crippen LogP contribution in [-0.2, 0) is 22.7 Å². The van der Waals surface area contributed by atoms with Gasteiger partial charge in [-0.05, 0) is 50.0 Å². The third-order valence-electron chi connectivity index (χ3n) is 5.25. The monoisotopic (exact) mass is 372 g/mol. The van der Waals surface area contributed by atoms with Gasteiger partial charge in [0, 0.05) is 25.1 Å². The van der Waals surface area contributed by atoms with Crippen molar-refractivity contribution in [3.05, 3.63) is 34.9 Å². The van der Waals surface area contributed by atoms with E-state index in [1.807, 2.05) is 18.2 Å². The van der Waals surface area contributed by atoms with Crippen LogP contribution in [0, 0.1) is 0 Å². The average molecular weight is 372 g/mol. The van der Waals surface area contributed by atoms with Crippen molar-refractivity contribution in [3.63, 3.8) is 0 Å². The Labute approximate surface area is 159 Å². The zero-order valence-corrected chi connectivity index (χ0v) is 15.9. The van der Waals surface area contributed by atoms with Crippen molar-refractivity contribution >= 4 is 17.7 Å². The average Bonchev–Trinajstić information content (AvgIpc) is 2.97. The largest absolute Gasteiger partial charge is 0.330 e. The third-order valence-corrected chi connectivity index (χ3v) is 5.25. The minimum absolute atomic E-state index is 0.106. The van der Waals surface area contributed by atoms with Gasteiger partial charge in [0.25, 0.3) is 5.91 Å². The number of amides is 3. The lowest BCUT2D eigenvalue weighted by Gasteiger charge is -2.29. The topological polar surface area (TPSA) is 95.7 Å². The van der Waals surface area contributed by atoms with Gasteiger partial charge >= 0.3 is 0 Å². The van der Waals surface area contributed by atoms with Gasteiger partial charge in [0.2, 0.25) is 11.8 Å². The molecule has 3 rings (SSSR count). The Morgan fingerprint density at radius 3 is 2.78 bits per heavy atom. The van der Waals surface area contributed by atoms with Crippen molar-refractivity contribution in [2.75, 3.05) is 19.6 Å². The molecular formula is C20H28N4O3. The number of nitrogens with two attached hydrogens (primary N) is 1. The molecule has 7 heteroatoms. The van der Waals surface area contributed by atoms with Gasteiger partial charge in [0.1, 0.15) is 6.04 Å². The normalized spacial score (nSPS) is 19.6. The first kappa shape index (κ1) is 19.5. The third kappa shape index (κ3) is 4.20. The summed E-state index contributed by atoms with van der Waals surface area (Å²) in [5, 5.41) is 2.35. The molecule has 2 heterocycles. The van der Waals surface area contributed by atoms with E-state index in [0.29, 0.717) is 26.1 Å². The lowest BCUT2D eigenvalue weighted by molar-refractivity contribution is -0.136. The zero-order valence-electron chi connectivity index (χ0n) is 15.9. The molecule has 27 heavy (non-hydrogen) atoms. The second-order valence-electron chi connectivity index (χ2n) is 7.27. The lowest BCUT2D eigenvalue weighted by Crippen LogP contribution is -2.52. The Balaban J connectivity index is 1.79. The van der Waals surface area contributed by atoms with Crippen molar-refractivity contribution in [1.82, 2.24) is 15.1 Å². The van der Waals surface area contributed by atoms with E-state index >= 15 is 0 Å². The van der Waals surface area contributed by atoms with Gasteiger partial charge in [0.15, 0.2) is 0 Å². The van der Waals surface area contributed by atoms with Crippen LogP contribution in [0.5, 0.6) is 0 Å². The molecule has 7 nitrogen and oxygen atoms in total. The second-order valence-corrected chi connectivity index (χ2v) is 7.27. The molecular weight excluding hydrogens is 344 g/mol. The molecule has 0 saturated carbocycles. The summed E-state index contributed by atoms with van der Waals surface area (Å²) in [5.74, 6) is -0.744. The number of fused-ring (bicyclic) bond motifs is 1. The number of carbonyl (C=O) groups is 3. The fraction of sp³-hybridized carbons (Fsp3) is 0.550. The molecule has 1 aromatic rings. The second kappa shape index (κ2) is 8.63. The van der Waals surface area contributed by atoms with Gasteiger partial charge in [-0.15, -0.1) is 0 Å². The Morgan fingerprint density at radius 2 is 2.07 bits per heavy atom. The number of nitrogens with one attached hydrogen (secondary N) is 1. The molecule has 1 atom stereocenters. The first-order chi connectivity index (χ1) is 13.0. The minimum atomic E-state index is -0.570. The van der Waals surface area contributed by atoms with E-state index in [1.54, 1.807) is 4.90 Å². The predicted molar refractivity (Wildman–Crippen MR) is 102 cm³/mol. The van der Waals surface area contributed by atoms with Crippen LogP contribution < -0.4 is 11.1 Å². The highest BCUT2D eigenvalue weighted by Gasteiger charge is 2.40. The summed E-state index contributed by atoms with van der Waals surface area (Å²) in [6.07, 6.45) is 2.62. The maximum Gasteiger partial charge on any atom is 0.255 e. The Kier molecular flexibility index (Phi) is 6.23. The highest BCUT2D eigenvalue weighted by molar-refractivity contribution is 6.05. The summed E-state index contributed by atoms with van der Waals surface area (Å²) < 4.78 is 0. The van der Waals surface area contributed by atoms with E-state index in [4.69, 9.17) is 5.73 Å². The molecule has 2 aliphatic heterocycles. The maximum absolute atomic E-state index is 13.1. The van der Waals surface area contributed by atoms with Crippen LogP contribution in [0.1, 0.15) is 54.1 Å².